The molecule has 1 saturated heterocycles. The molecular formula is C21H22BrN3O5S. The Morgan fingerprint density at radius 2 is 1.87 bits per heavy atom. The number of carbonyl (C=O) groups is 2. The second-order valence-electron chi connectivity index (χ2n) is 7.34. The molecule has 2 aromatic carbocycles. The lowest BCUT2D eigenvalue weighted by molar-refractivity contribution is -0.123. The summed E-state index contributed by atoms with van der Waals surface area (Å²) in [5, 5.41) is 2.72. The molecular weight excluding hydrogens is 486 g/mol. The number of halogens is 1. The molecule has 2 aliphatic rings. The van der Waals surface area contributed by atoms with Gasteiger partial charge in [-0.05, 0) is 52.7 Å². The highest BCUT2D eigenvalue weighted by Crippen LogP contribution is 2.33. The Balaban J connectivity index is 1.47. The lowest BCUT2D eigenvalue weighted by Crippen LogP contribution is -2.50. The Morgan fingerprint density at radius 3 is 2.55 bits per heavy atom. The average Bonchev–Trinajstić information content (AvgIpc) is 2.78. The van der Waals surface area contributed by atoms with Crippen molar-refractivity contribution in [3.05, 3.63) is 52.5 Å². The number of carbonyl (C=O) groups excluding carboxylic acids is 2. The molecule has 4 rings (SSSR count). The topological polar surface area (TPSA) is 96.0 Å². The number of hydrogen-bond acceptors (Lipinski definition) is 5. The van der Waals surface area contributed by atoms with Crippen molar-refractivity contribution in [1.29, 1.82) is 0 Å². The smallest absolute Gasteiger partial charge is 0.265 e. The van der Waals surface area contributed by atoms with Crippen LogP contribution < -0.4 is 10.1 Å². The Morgan fingerprint density at radius 1 is 1.16 bits per heavy atom. The van der Waals surface area contributed by atoms with E-state index < -0.39 is 16.1 Å². The van der Waals surface area contributed by atoms with Gasteiger partial charge in [0.1, 0.15) is 5.75 Å². The second kappa shape index (κ2) is 8.60. The van der Waals surface area contributed by atoms with Gasteiger partial charge in [0.05, 0.1) is 16.1 Å². The van der Waals surface area contributed by atoms with Crippen LogP contribution in [0.5, 0.6) is 5.75 Å². The lowest BCUT2D eigenvalue weighted by atomic mass is 10.2. The third-order valence-corrected chi connectivity index (χ3v) is 8.00. The van der Waals surface area contributed by atoms with Gasteiger partial charge in [-0.25, -0.2) is 8.42 Å². The van der Waals surface area contributed by atoms with Crippen molar-refractivity contribution in [3.8, 4) is 5.75 Å². The maximum absolute atomic E-state index is 13.1. The molecule has 0 aromatic heterocycles. The average molecular weight is 508 g/mol. The van der Waals surface area contributed by atoms with E-state index in [4.69, 9.17) is 4.74 Å². The third-order valence-electron chi connectivity index (χ3n) is 5.41. The Hall–Kier alpha value is -2.43. The minimum atomic E-state index is -3.77. The minimum Gasteiger partial charge on any atom is -0.478 e. The zero-order valence-electron chi connectivity index (χ0n) is 16.9. The highest BCUT2D eigenvalue weighted by atomic mass is 79.9. The fourth-order valence-electron chi connectivity index (χ4n) is 3.64. The summed E-state index contributed by atoms with van der Waals surface area (Å²) >= 11 is 3.39. The number of nitrogens with one attached hydrogen (secondary N) is 1. The molecule has 2 heterocycles. The van der Waals surface area contributed by atoms with Crippen LogP contribution in [0.1, 0.15) is 23.7 Å². The second-order valence-corrected chi connectivity index (χ2v) is 10.1. The van der Waals surface area contributed by atoms with E-state index in [1.165, 1.54) is 16.4 Å². The van der Waals surface area contributed by atoms with E-state index in [0.717, 1.165) is 0 Å². The van der Waals surface area contributed by atoms with Crippen molar-refractivity contribution in [2.24, 2.45) is 0 Å². The van der Waals surface area contributed by atoms with Crippen LogP contribution in [-0.2, 0) is 14.8 Å². The van der Waals surface area contributed by atoms with Gasteiger partial charge in [-0.3, -0.25) is 9.59 Å². The van der Waals surface area contributed by atoms with Crippen LogP contribution in [0.25, 0.3) is 0 Å². The molecule has 1 fully saturated rings. The van der Waals surface area contributed by atoms with Gasteiger partial charge in [-0.15, -0.1) is 0 Å². The highest BCUT2D eigenvalue weighted by Gasteiger charge is 2.33. The molecule has 10 heteroatoms. The van der Waals surface area contributed by atoms with E-state index in [1.54, 1.807) is 29.2 Å². The number of rotatable bonds is 4. The molecule has 0 radical (unpaired) electrons. The van der Waals surface area contributed by atoms with Crippen molar-refractivity contribution in [2.75, 3.05) is 31.5 Å². The van der Waals surface area contributed by atoms with E-state index in [1.807, 2.05) is 13.0 Å². The van der Waals surface area contributed by atoms with Gasteiger partial charge in [-0.2, -0.15) is 4.31 Å². The number of anilines is 1. The summed E-state index contributed by atoms with van der Waals surface area (Å²) in [6, 6.07) is 11.6. The number of hydrogen-bond donors (Lipinski definition) is 1. The lowest BCUT2D eigenvalue weighted by Gasteiger charge is -2.34. The first kappa shape index (κ1) is 21.8. The van der Waals surface area contributed by atoms with E-state index in [9.17, 15) is 18.0 Å². The molecule has 0 unspecified atom stereocenters. The first-order valence-electron chi connectivity index (χ1n) is 9.97. The molecule has 31 heavy (non-hydrogen) atoms. The number of benzene rings is 2. The molecule has 0 saturated carbocycles. The Labute approximate surface area is 189 Å². The highest BCUT2D eigenvalue weighted by molar-refractivity contribution is 9.10. The number of nitrogens with zero attached hydrogens (tertiary/aromatic N) is 2. The van der Waals surface area contributed by atoms with Gasteiger partial charge in [0.25, 0.3) is 11.8 Å². The summed E-state index contributed by atoms with van der Waals surface area (Å²) in [6.07, 6.45) is -0.0568. The zero-order chi connectivity index (χ0) is 22.2. The summed E-state index contributed by atoms with van der Waals surface area (Å²) in [5.74, 6) is 0.0293. The fourth-order valence-corrected chi connectivity index (χ4v) is 5.55. The predicted octanol–water partition coefficient (Wildman–Crippen LogP) is 2.71. The first-order chi connectivity index (χ1) is 14.8. The van der Waals surface area contributed by atoms with Crippen LogP contribution in [0.3, 0.4) is 0 Å². The fraction of sp³-hybridized carbons (Fsp3) is 0.333. The maximum atomic E-state index is 13.1. The van der Waals surface area contributed by atoms with E-state index >= 15 is 0 Å². The molecule has 2 aliphatic heterocycles. The quantitative estimate of drug-likeness (QED) is 0.686. The monoisotopic (exact) mass is 507 g/mol. The van der Waals surface area contributed by atoms with Gasteiger partial charge in [-0.1, -0.05) is 19.1 Å². The van der Waals surface area contributed by atoms with Gasteiger partial charge in [0, 0.05) is 30.7 Å². The summed E-state index contributed by atoms with van der Waals surface area (Å²) in [5.41, 5.74) is 0.896. The minimum absolute atomic E-state index is 0.0793. The molecule has 8 nitrogen and oxygen atoms in total. The van der Waals surface area contributed by atoms with Gasteiger partial charge < -0.3 is 15.0 Å². The standard InChI is InChI=1S/C21H22BrN3O5S/c1-2-18-20(26)23-17-13-14(7-8-19(17)30-18)31(28,29)25-11-9-24(10-12-25)21(27)15-5-3-4-6-16(15)22/h3-8,13,18H,2,9-12H2,1H3,(H,23,26)/t18-/m1/s1. The summed E-state index contributed by atoms with van der Waals surface area (Å²) in [6.45, 7) is 2.81. The van der Waals surface area contributed by atoms with Gasteiger partial charge >= 0.3 is 0 Å². The van der Waals surface area contributed by atoms with E-state index in [0.29, 0.717) is 41.0 Å². The summed E-state index contributed by atoms with van der Waals surface area (Å²) in [7, 11) is -3.77. The molecule has 1 N–H and O–H groups in total. The number of piperazine rings is 1. The van der Waals surface area contributed by atoms with Gasteiger partial charge in [0.2, 0.25) is 10.0 Å². The van der Waals surface area contributed by atoms with Crippen molar-refractivity contribution in [3.63, 3.8) is 0 Å². The first-order valence-corrected chi connectivity index (χ1v) is 12.2. The van der Waals surface area contributed by atoms with Crippen molar-refractivity contribution < 1.29 is 22.7 Å². The molecule has 2 amide bonds. The van der Waals surface area contributed by atoms with E-state index in [-0.39, 0.29) is 29.8 Å². The Bertz CT molecular complexity index is 1130. The molecule has 2 aromatic rings. The predicted molar refractivity (Wildman–Crippen MR) is 119 cm³/mol. The van der Waals surface area contributed by atoms with Crippen molar-refractivity contribution in [1.82, 2.24) is 9.21 Å². The van der Waals surface area contributed by atoms with Crippen LogP contribution in [-0.4, -0.2) is 61.7 Å². The molecule has 1 atom stereocenters. The maximum Gasteiger partial charge on any atom is 0.265 e. The third kappa shape index (κ3) is 4.19. The van der Waals surface area contributed by atoms with Crippen LogP contribution in [0.4, 0.5) is 5.69 Å². The van der Waals surface area contributed by atoms with Crippen LogP contribution in [0, 0.1) is 0 Å². The van der Waals surface area contributed by atoms with Crippen LogP contribution in [0.15, 0.2) is 51.8 Å². The normalized spacial score (nSPS) is 19.4. The number of sulfonamides is 1. The number of fused-ring (bicyclic) bond motifs is 1. The summed E-state index contributed by atoms with van der Waals surface area (Å²) in [4.78, 5) is 26.5. The van der Waals surface area contributed by atoms with Gasteiger partial charge in [0.15, 0.2) is 6.10 Å². The largest absolute Gasteiger partial charge is 0.478 e. The van der Waals surface area contributed by atoms with E-state index in [2.05, 4.69) is 21.2 Å². The molecule has 164 valence electrons. The van der Waals surface area contributed by atoms with Crippen molar-refractivity contribution >= 4 is 43.5 Å². The SMILES string of the molecule is CC[C@H]1Oc2ccc(S(=O)(=O)N3CCN(C(=O)c4ccccc4Br)CC3)cc2NC1=O. The molecule has 0 spiro atoms. The van der Waals surface area contributed by atoms with Crippen molar-refractivity contribution in [2.45, 2.75) is 24.3 Å². The van der Waals surface area contributed by atoms with Crippen LogP contribution >= 0.6 is 15.9 Å². The Kier molecular flexibility index (Phi) is 6.05. The summed E-state index contributed by atoms with van der Waals surface area (Å²) < 4.78 is 34.0. The number of amides is 2. The molecule has 0 aliphatic carbocycles. The zero-order valence-corrected chi connectivity index (χ0v) is 19.3. The molecule has 0 bridgehead atoms. The number of ether oxygens (including phenoxy) is 1. The van der Waals surface area contributed by atoms with Crippen LogP contribution in [0.2, 0.25) is 0 Å².